The number of fused-ring (bicyclic) bond motifs is 1. The van der Waals surface area contributed by atoms with E-state index in [-0.39, 0.29) is 5.91 Å². The van der Waals surface area contributed by atoms with Crippen LogP contribution < -0.4 is 10.6 Å². The van der Waals surface area contributed by atoms with Crippen molar-refractivity contribution in [3.8, 4) is 0 Å². The Balaban J connectivity index is 1.41. The van der Waals surface area contributed by atoms with E-state index in [0.717, 1.165) is 13.0 Å². The number of nitrogens with one attached hydrogen (secondary N) is 2. The predicted molar refractivity (Wildman–Crippen MR) is 80.6 cm³/mol. The lowest BCUT2D eigenvalue weighted by Crippen LogP contribution is -2.27. The van der Waals surface area contributed by atoms with Crippen LogP contribution in [0, 0.1) is 6.92 Å². The summed E-state index contributed by atoms with van der Waals surface area (Å²) in [6, 6.07) is 7.73. The van der Waals surface area contributed by atoms with Crippen molar-refractivity contribution in [2.75, 3.05) is 6.54 Å². The van der Waals surface area contributed by atoms with Crippen LogP contribution in [0.3, 0.4) is 0 Å². The van der Waals surface area contributed by atoms with Gasteiger partial charge in [0.25, 0.3) is 0 Å². The van der Waals surface area contributed by atoms with Crippen molar-refractivity contribution in [1.82, 2.24) is 10.6 Å². The molecule has 0 saturated heterocycles. The summed E-state index contributed by atoms with van der Waals surface area (Å²) >= 11 is 0. The second kappa shape index (κ2) is 5.96. The van der Waals surface area contributed by atoms with Gasteiger partial charge in [0.2, 0.25) is 5.91 Å². The topological polar surface area (TPSA) is 41.1 Å². The molecule has 0 heterocycles. The van der Waals surface area contributed by atoms with E-state index in [9.17, 15) is 4.79 Å². The van der Waals surface area contributed by atoms with Crippen LogP contribution in [0.5, 0.6) is 0 Å². The minimum Gasteiger partial charge on any atom is -0.353 e. The van der Waals surface area contributed by atoms with Crippen molar-refractivity contribution in [1.29, 1.82) is 0 Å². The Morgan fingerprint density at radius 1 is 1.30 bits per heavy atom. The first-order chi connectivity index (χ1) is 9.72. The summed E-state index contributed by atoms with van der Waals surface area (Å²) in [5.74, 6) is 0.219. The van der Waals surface area contributed by atoms with E-state index >= 15 is 0 Å². The molecule has 3 nitrogen and oxygen atoms in total. The van der Waals surface area contributed by atoms with Gasteiger partial charge in [-0.2, -0.15) is 0 Å². The van der Waals surface area contributed by atoms with Crippen molar-refractivity contribution >= 4 is 5.91 Å². The lowest BCUT2D eigenvalue weighted by atomic mass is 10.0. The highest BCUT2D eigenvalue weighted by Crippen LogP contribution is 2.31. The van der Waals surface area contributed by atoms with E-state index in [1.54, 1.807) is 0 Å². The minimum atomic E-state index is 0.219. The van der Waals surface area contributed by atoms with E-state index < -0.39 is 0 Å². The SMILES string of the molecule is Cc1ccc2c(c1)C(NCCCC(=O)NC1CC1)CC2. The van der Waals surface area contributed by atoms with Crippen molar-refractivity contribution in [3.05, 3.63) is 34.9 Å². The van der Waals surface area contributed by atoms with Gasteiger partial charge in [0, 0.05) is 18.5 Å². The number of hydrogen-bond donors (Lipinski definition) is 2. The lowest BCUT2D eigenvalue weighted by Gasteiger charge is -2.14. The van der Waals surface area contributed by atoms with Gasteiger partial charge in [0.15, 0.2) is 0 Å². The molecular weight excluding hydrogens is 248 g/mol. The Labute approximate surface area is 121 Å². The van der Waals surface area contributed by atoms with Gasteiger partial charge in [-0.1, -0.05) is 23.8 Å². The Morgan fingerprint density at radius 3 is 2.95 bits per heavy atom. The molecule has 0 aromatic heterocycles. The molecule has 2 N–H and O–H groups in total. The zero-order chi connectivity index (χ0) is 13.9. The van der Waals surface area contributed by atoms with Gasteiger partial charge in [-0.25, -0.2) is 0 Å². The van der Waals surface area contributed by atoms with E-state index in [4.69, 9.17) is 0 Å². The second-order valence-electron chi connectivity index (χ2n) is 6.19. The zero-order valence-electron chi connectivity index (χ0n) is 12.2. The Kier molecular flexibility index (Phi) is 4.06. The molecule has 2 aliphatic carbocycles. The molecule has 0 bridgehead atoms. The molecule has 0 radical (unpaired) electrons. The van der Waals surface area contributed by atoms with E-state index in [2.05, 4.69) is 35.8 Å². The van der Waals surface area contributed by atoms with Gasteiger partial charge in [-0.05, 0) is 56.7 Å². The average molecular weight is 272 g/mol. The summed E-state index contributed by atoms with van der Waals surface area (Å²) in [5.41, 5.74) is 4.29. The summed E-state index contributed by atoms with van der Waals surface area (Å²) in [6.07, 6.45) is 6.28. The van der Waals surface area contributed by atoms with Crippen LogP contribution in [0.25, 0.3) is 0 Å². The fourth-order valence-electron chi connectivity index (χ4n) is 2.99. The monoisotopic (exact) mass is 272 g/mol. The maximum atomic E-state index is 11.6. The number of carbonyl (C=O) groups excluding carboxylic acids is 1. The first-order valence-electron chi connectivity index (χ1n) is 7.84. The highest BCUT2D eigenvalue weighted by Gasteiger charge is 2.23. The molecule has 3 heteroatoms. The molecule has 1 saturated carbocycles. The van der Waals surface area contributed by atoms with E-state index in [1.807, 2.05) is 0 Å². The number of benzene rings is 1. The lowest BCUT2D eigenvalue weighted by molar-refractivity contribution is -0.121. The van der Waals surface area contributed by atoms with Gasteiger partial charge >= 0.3 is 0 Å². The predicted octanol–water partition coefficient (Wildman–Crippen LogP) is 2.63. The first kappa shape index (κ1) is 13.6. The summed E-state index contributed by atoms with van der Waals surface area (Å²) in [5, 5.41) is 6.65. The molecule has 108 valence electrons. The maximum Gasteiger partial charge on any atom is 0.220 e. The molecule has 20 heavy (non-hydrogen) atoms. The molecule has 2 aliphatic rings. The van der Waals surface area contributed by atoms with Gasteiger partial charge in [0.1, 0.15) is 0 Å². The molecule has 3 rings (SSSR count). The normalized spacial score (nSPS) is 20.8. The summed E-state index contributed by atoms with van der Waals surface area (Å²) < 4.78 is 0. The van der Waals surface area contributed by atoms with Crippen LogP contribution in [0.1, 0.15) is 54.8 Å². The molecule has 0 aliphatic heterocycles. The van der Waals surface area contributed by atoms with Crippen molar-refractivity contribution in [3.63, 3.8) is 0 Å². The smallest absolute Gasteiger partial charge is 0.220 e. The van der Waals surface area contributed by atoms with Crippen LogP contribution in [-0.2, 0) is 11.2 Å². The fourth-order valence-corrected chi connectivity index (χ4v) is 2.99. The highest BCUT2D eigenvalue weighted by atomic mass is 16.1. The van der Waals surface area contributed by atoms with E-state index in [0.29, 0.717) is 18.5 Å². The van der Waals surface area contributed by atoms with Crippen LogP contribution in [-0.4, -0.2) is 18.5 Å². The number of amides is 1. The van der Waals surface area contributed by atoms with E-state index in [1.165, 1.54) is 42.4 Å². The molecule has 1 amide bonds. The van der Waals surface area contributed by atoms with Crippen molar-refractivity contribution in [2.24, 2.45) is 0 Å². The van der Waals surface area contributed by atoms with Crippen LogP contribution in [0.15, 0.2) is 18.2 Å². The molecule has 1 aromatic rings. The molecule has 0 spiro atoms. The second-order valence-corrected chi connectivity index (χ2v) is 6.19. The fraction of sp³-hybridized carbons (Fsp3) is 0.588. The van der Waals surface area contributed by atoms with Gasteiger partial charge in [-0.3, -0.25) is 4.79 Å². The number of aryl methyl sites for hydroxylation is 2. The highest BCUT2D eigenvalue weighted by molar-refractivity contribution is 5.76. The van der Waals surface area contributed by atoms with Crippen molar-refractivity contribution < 1.29 is 4.79 Å². The van der Waals surface area contributed by atoms with Crippen LogP contribution in [0.2, 0.25) is 0 Å². The van der Waals surface area contributed by atoms with Crippen LogP contribution in [0.4, 0.5) is 0 Å². The molecular formula is C17H24N2O. The van der Waals surface area contributed by atoms with Gasteiger partial charge in [0.05, 0.1) is 0 Å². The summed E-state index contributed by atoms with van der Waals surface area (Å²) in [7, 11) is 0. The Morgan fingerprint density at radius 2 is 2.15 bits per heavy atom. The Bertz CT molecular complexity index is 494. The van der Waals surface area contributed by atoms with Crippen LogP contribution >= 0.6 is 0 Å². The van der Waals surface area contributed by atoms with Crippen molar-refractivity contribution in [2.45, 2.75) is 57.5 Å². The standard InChI is InChI=1S/C17H24N2O/c1-12-4-5-13-6-9-16(15(13)11-12)18-10-2-3-17(20)19-14-7-8-14/h4-5,11,14,16,18H,2-3,6-10H2,1H3,(H,19,20). The number of carbonyl (C=O) groups is 1. The summed E-state index contributed by atoms with van der Waals surface area (Å²) in [4.78, 5) is 11.6. The van der Waals surface area contributed by atoms with Gasteiger partial charge < -0.3 is 10.6 Å². The maximum absolute atomic E-state index is 11.6. The third-order valence-corrected chi connectivity index (χ3v) is 4.29. The number of hydrogen-bond acceptors (Lipinski definition) is 2. The average Bonchev–Trinajstić information content (AvgIpc) is 3.15. The minimum absolute atomic E-state index is 0.219. The molecule has 1 fully saturated rings. The van der Waals surface area contributed by atoms with Gasteiger partial charge in [-0.15, -0.1) is 0 Å². The molecule has 1 atom stereocenters. The summed E-state index contributed by atoms with van der Waals surface area (Å²) in [6.45, 7) is 3.08. The first-order valence-corrected chi connectivity index (χ1v) is 7.84. The molecule has 1 unspecified atom stereocenters. The third-order valence-electron chi connectivity index (χ3n) is 4.29. The largest absolute Gasteiger partial charge is 0.353 e. The zero-order valence-corrected chi connectivity index (χ0v) is 12.2. The molecule has 1 aromatic carbocycles. The quantitative estimate of drug-likeness (QED) is 0.782. The number of rotatable bonds is 6. The Hall–Kier alpha value is -1.35. The third kappa shape index (κ3) is 3.40.